The van der Waals surface area contributed by atoms with Crippen molar-refractivity contribution in [1.29, 1.82) is 0 Å². The predicted octanol–water partition coefficient (Wildman–Crippen LogP) is 7.79. The molecule has 0 unspecified atom stereocenters. The standard InChI is InChI=1S/C30H56O3/c1-10-11-13-24-25(31)20-21-22-14-15-26(33-28(5,6)7)30(22,9)18-16-23(21)29(24,8)17-12-19-32-27(2,3)4/h21-26,31H,10-20H2,1-9H3/t21-,22-,23-,24-,25-,26-,29+,30-/m0/s1. The van der Waals surface area contributed by atoms with E-state index >= 15 is 0 Å². The van der Waals surface area contributed by atoms with Gasteiger partial charge in [-0.15, -0.1) is 0 Å². The molecule has 1 N–H and O–H groups in total. The maximum atomic E-state index is 11.5. The van der Waals surface area contributed by atoms with Gasteiger partial charge < -0.3 is 14.6 Å². The molecule has 8 atom stereocenters. The molecule has 3 aliphatic rings. The Labute approximate surface area is 205 Å². The van der Waals surface area contributed by atoms with Crippen molar-refractivity contribution < 1.29 is 14.6 Å². The molecular formula is C30H56O3. The SMILES string of the molecule is CCCC[C@H]1[C@@H](O)C[C@@H]2[C@H](CC[C@]3(C)[C@@H](OC(C)(C)C)CC[C@@H]23)[C@@]1(C)CCCOC(C)(C)C. The summed E-state index contributed by atoms with van der Waals surface area (Å²) in [6.07, 6.45) is 12.2. The van der Waals surface area contributed by atoms with Gasteiger partial charge in [-0.2, -0.15) is 0 Å². The zero-order valence-corrected chi connectivity index (χ0v) is 23.5. The summed E-state index contributed by atoms with van der Waals surface area (Å²) in [7, 11) is 0. The maximum Gasteiger partial charge on any atom is 0.0638 e. The van der Waals surface area contributed by atoms with Crippen molar-refractivity contribution in [2.24, 2.45) is 34.5 Å². The largest absolute Gasteiger partial charge is 0.393 e. The molecule has 3 fully saturated rings. The number of aliphatic hydroxyl groups excluding tert-OH is 1. The van der Waals surface area contributed by atoms with Crippen molar-refractivity contribution in [2.75, 3.05) is 6.61 Å². The van der Waals surface area contributed by atoms with E-state index in [1.54, 1.807) is 0 Å². The Kier molecular flexibility index (Phi) is 8.40. The van der Waals surface area contributed by atoms with Crippen molar-refractivity contribution >= 4 is 0 Å². The monoisotopic (exact) mass is 464 g/mol. The molecule has 3 aliphatic carbocycles. The van der Waals surface area contributed by atoms with Gasteiger partial charge in [-0.05, 0) is 127 Å². The topological polar surface area (TPSA) is 38.7 Å². The van der Waals surface area contributed by atoms with E-state index in [0.29, 0.717) is 23.9 Å². The lowest BCUT2D eigenvalue weighted by atomic mass is 9.45. The summed E-state index contributed by atoms with van der Waals surface area (Å²) in [5.74, 6) is 2.49. The molecule has 0 amide bonds. The normalized spacial score (nSPS) is 41.6. The van der Waals surface area contributed by atoms with Gasteiger partial charge in [0.15, 0.2) is 0 Å². The van der Waals surface area contributed by atoms with Gasteiger partial charge in [0.25, 0.3) is 0 Å². The van der Waals surface area contributed by atoms with Crippen LogP contribution in [0.1, 0.15) is 127 Å². The average Bonchev–Trinajstić information content (AvgIpc) is 2.99. The van der Waals surface area contributed by atoms with Crippen LogP contribution in [0.4, 0.5) is 0 Å². The van der Waals surface area contributed by atoms with Gasteiger partial charge in [-0.25, -0.2) is 0 Å². The van der Waals surface area contributed by atoms with Gasteiger partial charge >= 0.3 is 0 Å². The summed E-state index contributed by atoms with van der Waals surface area (Å²) in [5.41, 5.74) is 0.317. The maximum absolute atomic E-state index is 11.5. The summed E-state index contributed by atoms with van der Waals surface area (Å²) < 4.78 is 12.7. The van der Waals surface area contributed by atoms with Crippen molar-refractivity contribution in [3.05, 3.63) is 0 Å². The van der Waals surface area contributed by atoms with Gasteiger partial charge in [-0.3, -0.25) is 0 Å². The lowest BCUT2D eigenvalue weighted by Gasteiger charge is -2.60. The first-order valence-corrected chi connectivity index (χ1v) is 14.2. The number of hydrogen-bond acceptors (Lipinski definition) is 3. The molecule has 0 aromatic rings. The second kappa shape index (κ2) is 10.1. The van der Waals surface area contributed by atoms with Crippen LogP contribution in [0.5, 0.6) is 0 Å². The van der Waals surface area contributed by atoms with E-state index in [9.17, 15) is 5.11 Å². The molecule has 3 saturated carbocycles. The van der Waals surface area contributed by atoms with E-state index < -0.39 is 0 Å². The first-order valence-electron chi connectivity index (χ1n) is 14.2. The van der Waals surface area contributed by atoms with Crippen molar-refractivity contribution in [3.8, 4) is 0 Å². The van der Waals surface area contributed by atoms with E-state index in [1.807, 2.05) is 0 Å². The minimum atomic E-state index is -0.156. The van der Waals surface area contributed by atoms with E-state index in [1.165, 1.54) is 51.4 Å². The summed E-state index contributed by atoms with van der Waals surface area (Å²) in [4.78, 5) is 0. The van der Waals surface area contributed by atoms with Gasteiger partial charge in [0.05, 0.1) is 23.4 Å². The van der Waals surface area contributed by atoms with Crippen LogP contribution in [0.2, 0.25) is 0 Å². The van der Waals surface area contributed by atoms with Crippen LogP contribution < -0.4 is 0 Å². The Bertz CT molecular complexity index is 631. The molecule has 0 aromatic carbocycles. The third-order valence-electron chi connectivity index (χ3n) is 9.78. The number of unbranched alkanes of at least 4 members (excludes halogenated alkanes) is 1. The molecule has 3 nitrogen and oxygen atoms in total. The molecule has 0 aliphatic heterocycles. The van der Waals surface area contributed by atoms with Crippen LogP contribution in [0.25, 0.3) is 0 Å². The zero-order chi connectivity index (χ0) is 24.7. The second-order valence-electron chi connectivity index (χ2n) is 14.3. The Morgan fingerprint density at radius 3 is 2.21 bits per heavy atom. The number of ether oxygens (including phenoxy) is 2. The fourth-order valence-electron chi connectivity index (χ4n) is 8.31. The summed E-state index contributed by atoms with van der Waals surface area (Å²) in [6, 6.07) is 0. The van der Waals surface area contributed by atoms with Crippen LogP contribution in [0.15, 0.2) is 0 Å². The Morgan fingerprint density at radius 2 is 1.61 bits per heavy atom. The van der Waals surface area contributed by atoms with E-state index in [0.717, 1.165) is 25.4 Å². The van der Waals surface area contributed by atoms with Gasteiger partial charge in [-0.1, -0.05) is 33.6 Å². The third kappa shape index (κ3) is 6.00. The quantitative estimate of drug-likeness (QED) is 0.373. The number of rotatable bonds is 8. The summed E-state index contributed by atoms with van der Waals surface area (Å²) in [5, 5.41) is 11.5. The Morgan fingerprint density at radius 1 is 0.909 bits per heavy atom. The molecule has 0 radical (unpaired) electrons. The van der Waals surface area contributed by atoms with E-state index in [-0.39, 0.29) is 28.1 Å². The van der Waals surface area contributed by atoms with Crippen LogP contribution in [-0.4, -0.2) is 35.1 Å². The number of aliphatic hydroxyl groups is 1. The smallest absolute Gasteiger partial charge is 0.0638 e. The predicted molar refractivity (Wildman–Crippen MR) is 138 cm³/mol. The molecule has 0 bridgehead atoms. The van der Waals surface area contributed by atoms with Crippen molar-refractivity contribution in [1.82, 2.24) is 0 Å². The molecule has 0 aromatic heterocycles. The van der Waals surface area contributed by atoms with Crippen molar-refractivity contribution in [3.63, 3.8) is 0 Å². The average molecular weight is 465 g/mol. The highest BCUT2D eigenvalue weighted by Crippen LogP contribution is 2.66. The van der Waals surface area contributed by atoms with Gasteiger partial charge in [0.2, 0.25) is 0 Å². The fourth-order valence-corrected chi connectivity index (χ4v) is 8.31. The van der Waals surface area contributed by atoms with Gasteiger partial charge in [0, 0.05) is 6.61 Å². The minimum absolute atomic E-state index is 0.0737. The highest BCUT2D eigenvalue weighted by molar-refractivity contribution is 5.10. The molecule has 0 heterocycles. The highest BCUT2D eigenvalue weighted by Gasteiger charge is 2.61. The first kappa shape index (κ1) is 27.5. The van der Waals surface area contributed by atoms with Crippen LogP contribution >= 0.6 is 0 Å². The molecule has 33 heavy (non-hydrogen) atoms. The van der Waals surface area contributed by atoms with Crippen LogP contribution in [0, 0.1) is 34.5 Å². The van der Waals surface area contributed by atoms with Gasteiger partial charge in [0.1, 0.15) is 0 Å². The Balaban J connectivity index is 1.81. The number of fused-ring (bicyclic) bond motifs is 3. The van der Waals surface area contributed by atoms with Crippen LogP contribution in [-0.2, 0) is 9.47 Å². The molecule has 0 spiro atoms. The fraction of sp³-hybridized carbons (Fsp3) is 1.00. The molecule has 194 valence electrons. The second-order valence-corrected chi connectivity index (χ2v) is 14.3. The summed E-state index contributed by atoms with van der Waals surface area (Å²) in [6.45, 7) is 21.2. The van der Waals surface area contributed by atoms with Crippen LogP contribution in [0.3, 0.4) is 0 Å². The highest BCUT2D eigenvalue weighted by atomic mass is 16.5. The van der Waals surface area contributed by atoms with E-state index in [2.05, 4.69) is 62.3 Å². The molecule has 3 rings (SSSR count). The van der Waals surface area contributed by atoms with Crippen molar-refractivity contribution in [2.45, 2.75) is 150 Å². The number of hydrogen-bond donors (Lipinski definition) is 1. The van der Waals surface area contributed by atoms with E-state index in [4.69, 9.17) is 9.47 Å². The lowest BCUT2D eigenvalue weighted by Crippen LogP contribution is -2.57. The molecule has 0 saturated heterocycles. The first-order chi connectivity index (χ1) is 15.2. The zero-order valence-electron chi connectivity index (χ0n) is 23.5. The third-order valence-corrected chi connectivity index (χ3v) is 9.78. The summed E-state index contributed by atoms with van der Waals surface area (Å²) >= 11 is 0. The molecule has 3 heteroatoms. The minimum Gasteiger partial charge on any atom is -0.393 e. The lowest BCUT2D eigenvalue weighted by molar-refractivity contribution is -0.174. The molecular weight excluding hydrogens is 408 g/mol. The Hall–Kier alpha value is -0.120.